The Balaban J connectivity index is 1.99. The summed E-state index contributed by atoms with van der Waals surface area (Å²) in [6, 6.07) is 2.79. The third-order valence-corrected chi connectivity index (χ3v) is 6.95. The Morgan fingerprint density at radius 1 is 1.22 bits per heavy atom. The Morgan fingerprint density at radius 2 is 1.87 bits per heavy atom. The second-order valence-electron chi connectivity index (χ2n) is 6.49. The molecule has 2 saturated heterocycles. The van der Waals surface area contributed by atoms with E-state index in [-0.39, 0.29) is 10.6 Å². The SMILES string of the molecule is Cc1cc([N+](=O)[O-])c(S(=O)(=O)N2CCC3CNCC3C2)cc1C. The first-order chi connectivity index (χ1) is 10.8. The molecule has 23 heavy (non-hydrogen) atoms. The summed E-state index contributed by atoms with van der Waals surface area (Å²) in [5.41, 5.74) is 1.13. The maximum Gasteiger partial charge on any atom is 0.289 e. The quantitative estimate of drug-likeness (QED) is 0.664. The molecule has 8 heteroatoms. The van der Waals surface area contributed by atoms with Crippen LogP contribution in [0.1, 0.15) is 17.5 Å². The molecule has 126 valence electrons. The highest BCUT2D eigenvalue weighted by Crippen LogP contribution is 2.34. The molecule has 2 fully saturated rings. The zero-order valence-electron chi connectivity index (χ0n) is 13.3. The lowest BCUT2D eigenvalue weighted by Gasteiger charge is -2.33. The second-order valence-corrected chi connectivity index (χ2v) is 8.40. The summed E-state index contributed by atoms with van der Waals surface area (Å²) < 4.78 is 27.3. The maximum absolute atomic E-state index is 13.0. The molecule has 0 aromatic heterocycles. The highest BCUT2D eigenvalue weighted by Gasteiger charge is 2.40. The minimum atomic E-state index is -3.85. The van der Waals surface area contributed by atoms with E-state index in [2.05, 4.69) is 5.32 Å². The topological polar surface area (TPSA) is 92.5 Å². The highest BCUT2D eigenvalue weighted by molar-refractivity contribution is 7.89. The Bertz CT molecular complexity index is 747. The van der Waals surface area contributed by atoms with Crippen molar-refractivity contribution in [3.05, 3.63) is 33.4 Å². The number of aryl methyl sites for hydroxylation is 2. The fraction of sp³-hybridized carbons (Fsp3) is 0.600. The van der Waals surface area contributed by atoms with Gasteiger partial charge >= 0.3 is 0 Å². The number of fused-ring (bicyclic) bond motifs is 1. The van der Waals surface area contributed by atoms with Gasteiger partial charge in [-0.3, -0.25) is 10.1 Å². The Kier molecular flexibility index (Phi) is 4.16. The van der Waals surface area contributed by atoms with Gasteiger partial charge in [0, 0.05) is 19.2 Å². The number of nitro benzene ring substituents is 1. The van der Waals surface area contributed by atoms with Crippen LogP contribution < -0.4 is 5.32 Å². The molecule has 2 heterocycles. The maximum atomic E-state index is 13.0. The van der Waals surface area contributed by atoms with Gasteiger partial charge in [-0.1, -0.05) is 0 Å². The van der Waals surface area contributed by atoms with Crippen LogP contribution in [0.25, 0.3) is 0 Å². The number of hydrogen-bond donors (Lipinski definition) is 1. The molecule has 0 saturated carbocycles. The van der Waals surface area contributed by atoms with Crippen molar-refractivity contribution < 1.29 is 13.3 Å². The number of sulfonamides is 1. The summed E-state index contributed by atoms with van der Waals surface area (Å²) >= 11 is 0. The van der Waals surface area contributed by atoms with Crippen LogP contribution in [0.15, 0.2) is 17.0 Å². The van der Waals surface area contributed by atoms with E-state index in [0.717, 1.165) is 25.1 Å². The van der Waals surface area contributed by atoms with Gasteiger partial charge in [0.1, 0.15) is 0 Å². The molecule has 1 aromatic rings. The lowest BCUT2D eigenvalue weighted by Crippen LogP contribution is -2.43. The summed E-state index contributed by atoms with van der Waals surface area (Å²) in [7, 11) is -3.85. The van der Waals surface area contributed by atoms with E-state index >= 15 is 0 Å². The molecule has 1 aromatic carbocycles. The molecule has 1 N–H and O–H groups in total. The lowest BCUT2D eigenvalue weighted by molar-refractivity contribution is -0.387. The van der Waals surface area contributed by atoms with Crippen molar-refractivity contribution in [2.45, 2.75) is 25.2 Å². The number of benzene rings is 1. The highest BCUT2D eigenvalue weighted by atomic mass is 32.2. The molecule has 2 aliphatic rings. The zero-order valence-corrected chi connectivity index (χ0v) is 14.1. The number of nitrogens with zero attached hydrogens (tertiary/aromatic N) is 2. The lowest BCUT2D eigenvalue weighted by atomic mass is 9.90. The molecular formula is C15H21N3O4S. The van der Waals surface area contributed by atoms with Gasteiger partial charge in [0.2, 0.25) is 10.0 Å². The van der Waals surface area contributed by atoms with Gasteiger partial charge in [0.15, 0.2) is 4.90 Å². The van der Waals surface area contributed by atoms with Crippen LogP contribution in [-0.2, 0) is 10.0 Å². The number of nitrogens with one attached hydrogen (secondary N) is 1. The van der Waals surface area contributed by atoms with E-state index in [1.54, 1.807) is 13.8 Å². The summed E-state index contributed by atoms with van der Waals surface area (Å²) in [5, 5.41) is 14.6. The molecule has 3 rings (SSSR count). The summed E-state index contributed by atoms with van der Waals surface area (Å²) in [6.45, 7) is 6.12. The van der Waals surface area contributed by atoms with Crippen LogP contribution in [0.5, 0.6) is 0 Å². The zero-order chi connectivity index (χ0) is 16.8. The summed E-state index contributed by atoms with van der Waals surface area (Å²) in [5.74, 6) is 0.806. The molecule has 0 spiro atoms. The standard InChI is InChI=1S/C15H21N3O4S/c1-10-5-14(18(19)20)15(6-11(10)2)23(21,22)17-4-3-12-7-16-8-13(12)9-17/h5-6,12-13,16H,3-4,7-9H2,1-2H3. The van der Waals surface area contributed by atoms with Gasteiger partial charge in [-0.25, -0.2) is 8.42 Å². The predicted molar refractivity (Wildman–Crippen MR) is 85.8 cm³/mol. The van der Waals surface area contributed by atoms with Crippen LogP contribution in [0, 0.1) is 35.8 Å². The monoisotopic (exact) mass is 339 g/mol. The third kappa shape index (κ3) is 2.86. The first-order valence-electron chi connectivity index (χ1n) is 7.77. The van der Waals surface area contributed by atoms with E-state index in [4.69, 9.17) is 0 Å². The van der Waals surface area contributed by atoms with E-state index in [1.807, 2.05) is 0 Å². The predicted octanol–water partition coefficient (Wildman–Crippen LogP) is 1.44. The molecule has 2 unspecified atom stereocenters. The Labute approximate surface area is 135 Å². The number of rotatable bonds is 3. The molecule has 0 amide bonds. The van der Waals surface area contributed by atoms with Crippen molar-refractivity contribution in [2.75, 3.05) is 26.2 Å². The summed E-state index contributed by atoms with van der Waals surface area (Å²) in [6.07, 6.45) is 0.801. The van der Waals surface area contributed by atoms with E-state index in [0.29, 0.717) is 30.5 Å². The van der Waals surface area contributed by atoms with Crippen LogP contribution in [-0.4, -0.2) is 43.8 Å². The normalized spacial score (nSPS) is 25.3. The first-order valence-corrected chi connectivity index (χ1v) is 9.21. The van der Waals surface area contributed by atoms with Gasteiger partial charge in [-0.2, -0.15) is 4.31 Å². The average molecular weight is 339 g/mol. The van der Waals surface area contributed by atoms with Crippen molar-refractivity contribution >= 4 is 15.7 Å². The first kappa shape index (κ1) is 16.4. The fourth-order valence-corrected chi connectivity index (χ4v) is 5.22. The smallest absolute Gasteiger partial charge is 0.289 e. The molecule has 2 aliphatic heterocycles. The average Bonchev–Trinajstić information content (AvgIpc) is 2.96. The molecule has 0 aliphatic carbocycles. The van der Waals surface area contributed by atoms with Gasteiger partial charge in [-0.15, -0.1) is 0 Å². The molecule has 2 atom stereocenters. The third-order valence-electron chi connectivity index (χ3n) is 5.06. The molecule has 0 bridgehead atoms. The van der Waals surface area contributed by atoms with Gasteiger partial charge < -0.3 is 5.32 Å². The van der Waals surface area contributed by atoms with Crippen molar-refractivity contribution in [2.24, 2.45) is 11.8 Å². The molecule has 0 radical (unpaired) electrons. The van der Waals surface area contributed by atoms with E-state index in [1.165, 1.54) is 16.4 Å². The van der Waals surface area contributed by atoms with E-state index < -0.39 is 14.9 Å². The Hall–Kier alpha value is -1.51. The van der Waals surface area contributed by atoms with Gasteiger partial charge in [-0.05, 0) is 62.4 Å². The van der Waals surface area contributed by atoms with Crippen LogP contribution in [0.4, 0.5) is 5.69 Å². The van der Waals surface area contributed by atoms with Crippen molar-refractivity contribution in [1.29, 1.82) is 0 Å². The van der Waals surface area contributed by atoms with Gasteiger partial charge in [0.05, 0.1) is 4.92 Å². The minimum absolute atomic E-state index is 0.185. The number of nitro groups is 1. The fourth-order valence-electron chi connectivity index (χ4n) is 3.48. The van der Waals surface area contributed by atoms with E-state index in [9.17, 15) is 18.5 Å². The van der Waals surface area contributed by atoms with Crippen molar-refractivity contribution in [3.8, 4) is 0 Å². The second kappa shape index (κ2) is 5.85. The van der Waals surface area contributed by atoms with Crippen LogP contribution >= 0.6 is 0 Å². The van der Waals surface area contributed by atoms with Crippen LogP contribution in [0.3, 0.4) is 0 Å². The number of hydrogen-bond acceptors (Lipinski definition) is 5. The summed E-state index contributed by atoms with van der Waals surface area (Å²) in [4.78, 5) is 10.5. The number of piperidine rings is 1. The molecular weight excluding hydrogens is 318 g/mol. The van der Waals surface area contributed by atoms with Crippen LogP contribution in [0.2, 0.25) is 0 Å². The minimum Gasteiger partial charge on any atom is -0.316 e. The largest absolute Gasteiger partial charge is 0.316 e. The van der Waals surface area contributed by atoms with Crippen molar-refractivity contribution in [3.63, 3.8) is 0 Å². The van der Waals surface area contributed by atoms with Gasteiger partial charge in [0.25, 0.3) is 5.69 Å². The molecule has 7 nitrogen and oxygen atoms in total. The Morgan fingerprint density at radius 3 is 2.57 bits per heavy atom. The van der Waals surface area contributed by atoms with Crippen molar-refractivity contribution in [1.82, 2.24) is 9.62 Å².